The van der Waals surface area contributed by atoms with Gasteiger partial charge < -0.3 is 10.2 Å². The Bertz CT molecular complexity index is 765. The van der Waals surface area contributed by atoms with Gasteiger partial charge in [0.2, 0.25) is 0 Å². The van der Waals surface area contributed by atoms with Gasteiger partial charge in [-0.05, 0) is 66.5 Å². The van der Waals surface area contributed by atoms with Crippen LogP contribution in [0.2, 0.25) is 0 Å². The summed E-state index contributed by atoms with van der Waals surface area (Å²) < 4.78 is 1.37. The fraction of sp³-hybridized carbons (Fsp3) is 0.300. The van der Waals surface area contributed by atoms with Crippen molar-refractivity contribution in [3.05, 3.63) is 65.5 Å². The van der Waals surface area contributed by atoms with E-state index in [0.29, 0.717) is 6.04 Å². The predicted octanol–water partition coefficient (Wildman–Crippen LogP) is 5.08. The van der Waals surface area contributed by atoms with Crippen LogP contribution in [-0.4, -0.2) is 19.1 Å². The maximum Gasteiger partial charge on any atom is 0.0432 e. The minimum atomic E-state index is 0. The lowest BCUT2D eigenvalue weighted by Crippen LogP contribution is -2.43. The number of fused-ring (bicyclic) bond motifs is 1. The third-order valence-corrected chi connectivity index (χ3v) is 5.61. The van der Waals surface area contributed by atoms with Gasteiger partial charge in [0.15, 0.2) is 0 Å². The second kappa shape index (κ2) is 8.02. The molecule has 1 N–H and O–H groups in total. The van der Waals surface area contributed by atoms with Gasteiger partial charge in [-0.1, -0.05) is 30.3 Å². The third-order valence-electron chi connectivity index (χ3n) is 4.71. The Hall–Kier alpha value is -1.55. The molecule has 0 unspecified atom stereocenters. The Morgan fingerprint density at radius 2 is 1.79 bits per heavy atom. The minimum absolute atomic E-state index is 0. The van der Waals surface area contributed by atoms with Gasteiger partial charge in [0.05, 0.1) is 0 Å². The lowest BCUT2D eigenvalue weighted by molar-refractivity contribution is 0.428. The summed E-state index contributed by atoms with van der Waals surface area (Å²) in [6.07, 6.45) is 2.43. The Kier molecular flexibility index (Phi) is 5.77. The summed E-state index contributed by atoms with van der Waals surface area (Å²) in [5.41, 5.74) is 2.74. The molecule has 3 aromatic rings. The molecule has 0 aliphatic carbocycles. The van der Waals surface area contributed by atoms with Crippen LogP contribution < -0.4 is 10.2 Å². The topological polar surface area (TPSA) is 15.3 Å². The molecule has 126 valence electrons. The van der Waals surface area contributed by atoms with Gasteiger partial charge in [-0.15, -0.1) is 23.7 Å². The molecule has 2 nitrogen and oxygen atoms in total. The number of rotatable bonds is 4. The van der Waals surface area contributed by atoms with Gasteiger partial charge in [0.25, 0.3) is 0 Å². The zero-order chi connectivity index (χ0) is 15.5. The summed E-state index contributed by atoms with van der Waals surface area (Å²) >= 11 is 1.82. The van der Waals surface area contributed by atoms with E-state index in [0.717, 1.165) is 19.6 Å². The van der Waals surface area contributed by atoms with E-state index in [9.17, 15) is 0 Å². The molecule has 2 heterocycles. The Morgan fingerprint density at radius 3 is 2.58 bits per heavy atom. The molecule has 24 heavy (non-hydrogen) atoms. The first-order chi connectivity index (χ1) is 11.4. The molecule has 0 radical (unpaired) electrons. The smallest absolute Gasteiger partial charge is 0.0432 e. The molecule has 0 saturated carbocycles. The average molecular weight is 359 g/mol. The molecule has 1 fully saturated rings. The number of nitrogens with zero attached hydrogens (tertiary/aromatic N) is 1. The van der Waals surface area contributed by atoms with E-state index in [1.54, 1.807) is 0 Å². The second-order valence-corrected chi connectivity index (χ2v) is 7.19. The fourth-order valence-corrected chi connectivity index (χ4v) is 4.23. The van der Waals surface area contributed by atoms with Gasteiger partial charge in [-0.2, -0.15) is 0 Å². The SMILES string of the molecule is Cl.c1ccc(CN(c2ccc3sccc3c2)C2CCNCC2)cc1. The maximum absolute atomic E-state index is 3.49. The van der Waals surface area contributed by atoms with E-state index in [4.69, 9.17) is 0 Å². The number of halogens is 1. The van der Waals surface area contributed by atoms with Crippen LogP contribution >= 0.6 is 23.7 Å². The highest BCUT2D eigenvalue weighted by molar-refractivity contribution is 7.17. The summed E-state index contributed by atoms with van der Waals surface area (Å²) in [4.78, 5) is 2.60. The molecule has 4 rings (SSSR count). The number of piperidine rings is 1. The van der Waals surface area contributed by atoms with Crippen molar-refractivity contribution in [2.75, 3.05) is 18.0 Å². The number of nitrogens with one attached hydrogen (secondary N) is 1. The zero-order valence-electron chi connectivity index (χ0n) is 13.7. The van der Waals surface area contributed by atoms with Crippen molar-refractivity contribution < 1.29 is 0 Å². The molecule has 2 aromatic carbocycles. The molecule has 0 bridgehead atoms. The van der Waals surface area contributed by atoms with E-state index < -0.39 is 0 Å². The summed E-state index contributed by atoms with van der Waals surface area (Å²) in [6, 6.07) is 20.6. The van der Waals surface area contributed by atoms with E-state index in [1.807, 2.05) is 11.3 Å². The molecule has 1 aromatic heterocycles. The van der Waals surface area contributed by atoms with Crippen molar-refractivity contribution >= 4 is 39.5 Å². The van der Waals surface area contributed by atoms with Gasteiger partial charge in [0, 0.05) is 23.0 Å². The second-order valence-electron chi connectivity index (χ2n) is 6.24. The van der Waals surface area contributed by atoms with Crippen LogP contribution in [0.25, 0.3) is 10.1 Å². The monoisotopic (exact) mass is 358 g/mol. The summed E-state index contributed by atoms with van der Waals surface area (Å²) in [5.74, 6) is 0. The zero-order valence-corrected chi connectivity index (χ0v) is 15.3. The number of hydrogen-bond acceptors (Lipinski definition) is 3. The van der Waals surface area contributed by atoms with Crippen LogP contribution in [0.15, 0.2) is 60.0 Å². The maximum atomic E-state index is 3.49. The molecule has 0 atom stereocenters. The molecule has 4 heteroatoms. The fourth-order valence-electron chi connectivity index (χ4n) is 3.46. The number of hydrogen-bond donors (Lipinski definition) is 1. The van der Waals surface area contributed by atoms with Crippen LogP contribution in [0.5, 0.6) is 0 Å². The molecular formula is C20H23ClN2S. The molecule has 1 saturated heterocycles. The van der Waals surface area contributed by atoms with Crippen molar-refractivity contribution in [3.8, 4) is 0 Å². The highest BCUT2D eigenvalue weighted by atomic mass is 35.5. The number of benzene rings is 2. The van der Waals surface area contributed by atoms with Crippen molar-refractivity contribution in [1.29, 1.82) is 0 Å². The standard InChI is InChI=1S/C20H22N2S.ClH/c1-2-4-16(5-3-1)15-22(18-8-11-21-12-9-18)19-6-7-20-17(14-19)10-13-23-20;/h1-7,10,13-14,18,21H,8-9,11-12,15H2;1H. The highest BCUT2D eigenvalue weighted by Gasteiger charge is 2.21. The molecule has 1 aliphatic heterocycles. The summed E-state index contributed by atoms with van der Waals surface area (Å²) in [7, 11) is 0. The first-order valence-electron chi connectivity index (χ1n) is 8.39. The van der Waals surface area contributed by atoms with Crippen LogP contribution in [-0.2, 0) is 6.54 Å². The van der Waals surface area contributed by atoms with Crippen molar-refractivity contribution in [2.45, 2.75) is 25.4 Å². The van der Waals surface area contributed by atoms with E-state index in [1.165, 1.54) is 34.2 Å². The number of anilines is 1. The van der Waals surface area contributed by atoms with E-state index in [2.05, 4.69) is 70.2 Å². The summed E-state index contributed by atoms with van der Waals surface area (Å²) in [6.45, 7) is 3.23. The van der Waals surface area contributed by atoms with Crippen LogP contribution in [0.3, 0.4) is 0 Å². The van der Waals surface area contributed by atoms with Gasteiger partial charge in [-0.3, -0.25) is 0 Å². The number of thiophene rings is 1. The van der Waals surface area contributed by atoms with Crippen LogP contribution in [0.4, 0.5) is 5.69 Å². The first-order valence-corrected chi connectivity index (χ1v) is 9.27. The molecule has 1 aliphatic rings. The first kappa shape index (κ1) is 17.3. The average Bonchev–Trinajstić information content (AvgIpc) is 3.09. The van der Waals surface area contributed by atoms with Gasteiger partial charge in [0.1, 0.15) is 0 Å². The lowest BCUT2D eigenvalue weighted by Gasteiger charge is -2.36. The van der Waals surface area contributed by atoms with Crippen LogP contribution in [0, 0.1) is 0 Å². The minimum Gasteiger partial charge on any atom is -0.364 e. The Labute approximate surface area is 153 Å². The van der Waals surface area contributed by atoms with Crippen molar-refractivity contribution in [2.24, 2.45) is 0 Å². The van der Waals surface area contributed by atoms with Gasteiger partial charge in [-0.25, -0.2) is 0 Å². The molecule has 0 amide bonds. The highest BCUT2D eigenvalue weighted by Crippen LogP contribution is 2.30. The van der Waals surface area contributed by atoms with Crippen molar-refractivity contribution in [1.82, 2.24) is 5.32 Å². The van der Waals surface area contributed by atoms with E-state index >= 15 is 0 Å². The summed E-state index contributed by atoms with van der Waals surface area (Å²) in [5, 5.41) is 7.03. The van der Waals surface area contributed by atoms with Crippen molar-refractivity contribution in [3.63, 3.8) is 0 Å². The Morgan fingerprint density at radius 1 is 1.00 bits per heavy atom. The van der Waals surface area contributed by atoms with Crippen LogP contribution in [0.1, 0.15) is 18.4 Å². The molecular weight excluding hydrogens is 336 g/mol. The normalized spacial score (nSPS) is 15.2. The quantitative estimate of drug-likeness (QED) is 0.699. The van der Waals surface area contributed by atoms with Gasteiger partial charge >= 0.3 is 0 Å². The van der Waals surface area contributed by atoms with E-state index in [-0.39, 0.29) is 12.4 Å². The lowest BCUT2D eigenvalue weighted by atomic mass is 10.0. The largest absolute Gasteiger partial charge is 0.364 e. The third kappa shape index (κ3) is 3.75. The Balaban J connectivity index is 0.00000169. The predicted molar refractivity (Wildman–Crippen MR) is 108 cm³/mol. The molecule has 0 spiro atoms.